The van der Waals surface area contributed by atoms with Gasteiger partial charge in [0, 0.05) is 6.92 Å². The molecule has 1 N–H and O–H groups in total. The molecule has 1 saturated carbocycles. The molecule has 2 aliphatic carbocycles. The van der Waals surface area contributed by atoms with Gasteiger partial charge in [0.15, 0.2) is 0 Å². The number of hydrogen-bond donors (Lipinski definition) is 1. The lowest BCUT2D eigenvalue weighted by molar-refractivity contribution is -0.162. The summed E-state index contributed by atoms with van der Waals surface area (Å²) >= 11 is 0. The summed E-state index contributed by atoms with van der Waals surface area (Å²) in [6.45, 7) is 8.88. The van der Waals surface area contributed by atoms with Crippen LogP contribution in [0, 0.1) is 11.3 Å². The van der Waals surface area contributed by atoms with Crippen molar-refractivity contribution in [1.29, 1.82) is 0 Å². The van der Waals surface area contributed by atoms with Crippen LogP contribution in [0.1, 0.15) is 77.5 Å². The summed E-state index contributed by atoms with van der Waals surface area (Å²) in [6, 6.07) is 4.58. The number of methoxy groups -OCH3 is 1. The molecule has 10 nitrogen and oxygen atoms in total. The molecule has 0 heterocycles. The van der Waals surface area contributed by atoms with Crippen molar-refractivity contribution in [2.75, 3.05) is 20.3 Å². The first-order valence-electron chi connectivity index (χ1n) is 12.3. The molecule has 0 unspecified atom stereocenters. The Morgan fingerprint density at radius 3 is 2.39 bits per heavy atom. The molecule has 1 aromatic rings. The third-order valence-electron chi connectivity index (χ3n) is 7.57. The molecule has 10 heteroatoms. The highest BCUT2D eigenvalue weighted by molar-refractivity contribution is 5.78. The van der Waals surface area contributed by atoms with Crippen LogP contribution >= 0.6 is 0 Å². The van der Waals surface area contributed by atoms with Crippen LogP contribution < -0.4 is 10.2 Å². The van der Waals surface area contributed by atoms with E-state index in [-0.39, 0.29) is 25.1 Å². The second kappa shape index (κ2) is 10.8. The zero-order valence-corrected chi connectivity index (χ0v) is 21.8. The number of ether oxygens (including phenoxy) is 4. The number of amides is 2. The van der Waals surface area contributed by atoms with Gasteiger partial charge >= 0.3 is 24.1 Å². The molecule has 0 spiro atoms. The Hall–Kier alpha value is -3.30. The zero-order valence-electron chi connectivity index (χ0n) is 21.8. The van der Waals surface area contributed by atoms with Gasteiger partial charge in [-0.25, -0.2) is 20.0 Å². The molecular formula is C26H36N2O8. The van der Waals surface area contributed by atoms with Gasteiger partial charge < -0.3 is 18.9 Å². The van der Waals surface area contributed by atoms with Crippen LogP contribution in [0.2, 0.25) is 0 Å². The van der Waals surface area contributed by atoms with Crippen LogP contribution in [0.3, 0.4) is 0 Å². The number of fused-ring (bicyclic) bond motifs is 3. The summed E-state index contributed by atoms with van der Waals surface area (Å²) in [5, 5.41) is 1.14. The van der Waals surface area contributed by atoms with Gasteiger partial charge in [-0.15, -0.1) is 0 Å². The largest absolute Gasteiger partial charge is 0.469 e. The van der Waals surface area contributed by atoms with Crippen LogP contribution in [0.15, 0.2) is 18.2 Å². The topological polar surface area (TPSA) is 120 Å². The quantitative estimate of drug-likeness (QED) is 0.271. The predicted molar refractivity (Wildman–Crippen MR) is 129 cm³/mol. The Balaban J connectivity index is 2.20. The van der Waals surface area contributed by atoms with Gasteiger partial charge in [0.25, 0.3) is 0 Å². The molecule has 4 atom stereocenters. The van der Waals surface area contributed by atoms with E-state index >= 15 is 0 Å². The van der Waals surface area contributed by atoms with Crippen molar-refractivity contribution in [2.45, 2.75) is 71.8 Å². The van der Waals surface area contributed by atoms with Crippen molar-refractivity contribution >= 4 is 24.1 Å². The average Bonchev–Trinajstić information content (AvgIpc) is 2.82. The molecule has 2 amide bonds. The molecule has 0 aliphatic heterocycles. The molecule has 3 rings (SSSR count). The molecule has 198 valence electrons. The SMILES string of the molecule is CCOC(=O)NN(C(=O)OCC)[C@@H]1C[C@H]2[C@@](C)(C(=O)OC)CCC[C@]2(C)c2cc(OC(C)=O)ccc21. The average molecular weight is 505 g/mol. The Kier molecular flexibility index (Phi) is 8.15. The first-order valence-corrected chi connectivity index (χ1v) is 12.3. The van der Waals surface area contributed by atoms with Crippen molar-refractivity contribution in [3.63, 3.8) is 0 Å². The second-order valence-corrected chi connectivity index (χ2v) is 9.73. The maximum absolute atomic E-state index is 13.1. The van der Waals surface area contributed by atoms with E-state index in [1.54, 1.807) is 32.0 Å². The number of nitrogens with zero attached hydrogens (tertiary/aromatic N) is 1. The third kappa shape index (κ3) is 4.99. The molecule has 1 aromatic carbocycles. The van der Waals surface area contributed by atoms with E-state index in [1.165, 1.54) is 14.0 Å². The molecule has 0 bridgehead atoms. The smallest absolute Gasteiger partial charge is 0.429 e. The molecule has 0 aromatic heterocycles. The highest BCUT2D eigenvalue weighted by Crippen LogP contribution is 2.60. The van der Waals surface area contributed by atoms with Crippen LogP contribution in [-0.2, 0) is 29.2 Å². The maximum atomic E-state index is 13.1. The normalized spacial score (nSPS) is 26.5. The third-order valence-corrected chi connectivity index (χ3v) is 7.57. The molecule has 0 radical (unpaired) electrons. The highest BCUT2D eigenvalue weighted by Gasteiger charge is 2.58. The number of hydrazine groups is 1. The summed E-state index contributed by atoms with van der Waals surface area (Å²) in [4.78, 5) is 50.3. The van der Waals surface area contributed by atoms with E-state index in [0.717, 1.165) is 29.0 Å². The van der Waals surface area contributed by atoms with Gasteiger partial charge in [0.05, 0.1) is 31.8 Å². The standard InChI is InChI=1S/C26H36N2O8/c1-7-34-23(31)27-28(24(32)35-8-2)20-15-21-25(4,12-9-13-26(21,5)22(30)33-6)19-14-17(36-16(3)29)10-11-18(19)20/h10-11,14,20-21H,7-9,12-13,15H2,1-6H3,(H,27,31)/t20-,21-,25-,26+/m1/s1. The number of nitrogens with one attached hydrogen (secondary N) is 1. The second-order valence-electron chi connectivity index (χ2n) is 9.73. The van der Waals surface area contributed by atoms with Crippen molar-refractivity contribution < 1.29 is 38.1 Å². The van der Waals surface area contributed by atoms with Gasteiger partial charge in [-0.05, 0) is 74.6 Å². The number of esters is 2. The van der Waals surface area contributed by atoms with E-state index in [1.807, 2.05) is 6.92 Å². The van der Waals surface area contributed by atoms with E-state index in [4.69, 9.17) is 18.9 Å². The minimum Gasteiger partial charge on any atom is -0.469 e. The first kappa shape index (κ1) is 27.3. The number of benzene rings is 1. The first-order chi connectivity index (χ1) is 17.0. The Bertz CT molecular complexity index is 1030. The highest BCUT2D eigenvalue weighted by atomic mass is 16.6. The van der Waals surface area contributed by atoms with E-state index in [9.17, 15) is 19.2 Å². The minimum atomic E-state index is -0.834. The van der Waals surface area contributed by atoms with Crippen LogP contribution in [0.25, 0.3) is 0 Å². The lowest BCUT2D eigenvalue weighted by Gasteiger charge is -2.56. The summed E-state index contributed by atoms with van der Waals surface area (Å²) in [5.41, 5.74) is 2.83. The summed E-state index contributed by atoms with van der Waals surface area (Å²) in [6.07, 6.45) is 1.03. The van der Waals surface area contributed by atoms with Crippen molar-refractivity contribution in [2.24, 2.45) is 11.3 Å². The van der Waals surface area contributed by atoms with Gasteiger partial charge in [0.2, 0.25) is 0 Å². The molecule has 0 saturated heterocycles. The van der Waals surface area contributed by atoms with Crippen molar-refractivity contribution in [3.8, 4) is 5.75 Å². The van der Waals surface area contributed by atoms with Crippen molar-refractivity contribution in [3.05, 3.63) is 29.3 Å². The maximum Gasteiger partial charge on any atom is 0.429 e. The van der Waals surface area contributed by atoms with Gasteiger partial charge in [-0.2, -0.15) is 0 Å². The Morgan fingerprint density at radius 1 is 1.08 bits per heavy atom. The molecule has 1 fully saturated rings. The molecule has 2 aliphatic rings. The summed E-state index contributed by atoms with van der Waals surface area (Å²) in [7, 11) is 1.37. The van der Waals surface area contributed by atoms with Crippen LogP contribution in [0.4, 0.5) is 9.59 Å². The molecular weight excluding hydrogens is 468 g/mol. The fraction of sp³-hybridized carbons (Fsp3) is 0.615. The Morgan fingerprint density at radius 2 is 1.78 bits per heavy atom. The zero-order chi connectivity index (χ0) is 26.7. The van der Waals surface area contributed by atoms with E-state index < -0.39 is 35.0 Å². The lowest BCUT2D eigenvalue weighted by atomic mass is 9.49. The number of rotatable bonds is 5. The number of hydrogen-bond acceptors (Lipinski definition) is 8. The lowest BCUT2D eigenvalue weighted by Crippen LogP contribution is -2.57. The van der Waals surface area contributed by atoms with E-state index in [2.05, 4.69) is 12.3 Å². The predicted octanol–water partition coefficient (Wildman–Crippen LogP) is 4.41. The van der Waals surface area contributed by atoms with Gasteiger partial charge in [-0.1, -0.05) is 19.4 Å². The minimum absolute atomic E-state index is 0.103. The van der Waals surface area contributed by atoms with Gasteiger partial charge in [0.1, 0.15) is 5.75 Å². The van der Waals surface area contributed by atoms with Crippen LogP contribution in [-0.4, -0.2) is 49.5 Å². The number of carbonyl (C=O) groups excluding carboxylic acids is 4. The Labute approximate surface area is 211 Å². The van der Waals surface area contributed by atoms with Crippen LogP contribution in [0.5, 0.6) is 5.75 Å². The fourth-order valence-corrected chi connectivity index (χ4v) is 6.04. The van der Waals surface area contributed by atoms with Crippen molar-refractivity contribution in [1.82, 2.24) is 10.4 Å². The summed E-state index contributed by atoms with van der Waals surface area (Å²) in [5.74, 6) is -0.660. The van der Waals surface area contributed by atoms with E-state index in [0.29, 0.717) is 18.6 Å². The number of carbonyl (C=O) groups is 4. The van der Waals surface area contributed by atoms with Gasteiger partial charge in [-0.3, -0.25) is 9.59 Å². The fourth-order valence-electron chi connectivity index (χ4n) is 6.04. The monoisotopic (exact) mass is 504 g/mol. The molecule has 36 heavy (non-hydrogen) atoms. The summed E-state index contributed by atoms with van der Waals surface area (Å²) < 4.78 is 20.9.